The minimum atomic E-state index is -3.70. The molecule has 1 N–H and O–H groups in total. The molecule has 1 saturated heterocycles. The quantitative estimate of drug-likeness (QED) is 0.679. The molecule has 10 heteroatoms. The maximum atomic E-state index is 12.8. The Hall–Kier alpha value is -3.08. The van der Waals surface area contributed by atoms with Crippen molar-refractivity contribution in [2.45, 2.75) is 4.90 Å². The van der Waals surface area contributed by atoms with Gasteiger partial charge in [0.05, 0.1) is 18.1 Å². The van der Waals surface area contributed by atoms with Crippen molar-refractivity contribution >= 4 is 21.9 Å². The Balaban J connectivity index is 1.51. The SMILES string of the molecule is O=C(Nc1nnc(-c2ccccc2)o1)c1cccc(S(=O)(=O)N2CCOCC2)c1. The van der Waals surface area contributed by atoms with Gasteiger partial charge in [0.25, 0.3) is 5.91 Å². The molecule has 0 bridgehead atoms. The van der Waals surface area contributed by atoms with E-state index in [1.165, 1.54) is 28.6 Å². The largest absolute Gasteiger partial charge is 0.403 e. The molecule has 0 aliphatic carbocycles. The maximum Gasteiger partial charge on any atom is 0.322 e. The smallest absolute Gasteiger partial charge is 0.322 e. The highest BCUT2D eigenvalue weighted by molar-refractivity contribution is 7.89. The standard InChI is InChI=1S/C19H18N4O5S/c24-17(20-19-22-21-18(28-19)14-5-2-1-3-6-14)15-7-4-8-16(13-15)29(25,26)23-9-11-27-12-10-23/h1-8,13H,9-12H2,(H,20,22,24). The number of aromatic nitrogens is 2. The molecule has 0 unspecified atom stereocenters. The molecule has 150 valence electrons. The Bertz CT molecular complexity index is 1110. The van der Waals surface area contributed by atoms with E-state index < -0.39 is 15.9 Å². The zero-order valence-corrected chi connectivity index (χ0v) is 16.1. The maximum absolute atomic E-state index is 12.8. The summed E-state index contributed by atoms with van der Waals surface area (Å²) in [6.07, 6.45) is 0. The van der Waals surface area contributed by atoms with Crippen molar-refractivity contribution in [3.05, 3.63) is 60.2 Å². The molecule has 2 aromatic carbocycles. The average Bonchev–Trinajstić information content (AvgIpc) is 3.23. The predicted octanol–water partition coefficient (Wildman–Crippen LogP) is 2.01. The van der Waals surface area contributed by atoms with Crippen LogP contribution in [-0.4, -0.2) is 55.1 Å². The third kappa shape index (κ3) is 4.19. The molecule has 0 atom stereocenters. The van der Waals surface area contributed by atoms with Gasteiger partial charge in [0.1, 0.15) is 0 Å². The van der Waals surface area contributed by atoms with Crippen molar-refractivity contribution in [3.8, 4) is 11.5 Å². The number of hydrogen-bond acceptors (Lipinski definition) is 7. The fraction of sp³-hybridized carbons (Fsp3) is 0.211. The first-order chi connectivity index (χ1) is 14.0. The summed E-state index contributed by atoms with van der Waals surface area (Å²) in [4.78, 5) is 12.6. The number of ether oxygens (including phenoxy) is 1. The van der Waals surface area contributed by atoms with Crippen LogP contribution < -0.4 is 5.32 Å². The Kier molecular flexibility index (Phi) is 5.38. The van der Waals surface area contributed by atoms with Crippen LogP contribution in [-0.2, 0) is 14.8 Å². The number of carbonyl (C=O) groups is 1. The summed E-state index contributed by atoms with van der Waals surface area (Å²) < 4.78 is 37.6. The Labute approximate surface area is 167 Å². The molecular formula is C19H18N4O5S. The van der Waals surface area contributed by atoms with E-state index in [0.717, 1.165) is 5.56 Å². The molecule has 29 heavy (non-hydrogen) atoms. The second-order valence-corrected chi connectivity index (χ2v) is 8.21. The zero-order valence-electron chi connectivity index (χ0n) is 15.3. The molecule has 9 nitrogen and oxygen atoms in total. The highest BCUT2D eigenvalue weighted by Crippen LogP contribution is 2.21. The second kappa shape index (κ2) is 8.11. The molecule has 2 heterocycles. The van der Waals surface area contributed by atoms with Crippen LogP contribution in [0.1, 0.15) is 10.4 Å². The second-order valence-electron chi connectivity index (χ2n) is 6.28. The van der Waals surface area contributed by atoms with Crippen LogP contribution in [0.2, 0.25) is 0 Å². The van der Waals surface area contributed by atoms with E-state index in [2.05, 4.69) is 15.5 Å². The van der Waals surface area contributed by atoms with Crippen LogP contribution in [0, 0.1) is 0 Å². The van der Waals surface area contributed by atoms with Gasteiger partial charge in [-0.25, -0.2) is 8.42 Å². The minimum Gasteiger partial charge on any atom is -0.403 e. The number of rotatable bonds is 5. The van der Waals surface area contributed by atoms with Crippen LogP contribution in [0.15, 0.2) is 63.9 Å². The summed E-state index contributed by atoms with van der Waals surface area (Å²) >= 11 is 0. The molecule has 1 aliphatic rings. The van der Waals surface area contributed by atoms with Crippen molar-refractivity contribution < 1.29 is 22.4 Å². The van der Waals surface area contributed by atoms with Crippen molar-refractivity contribution in [2.24, 2.45) is 0 Å². The van der Waals surface area contributed by atoms with Gasteiger partial charge >= 0.3 is 6.01 Å². The lowest BCUT2D eigenvalue weighted by Gasteiger charge is -2.26. The molecular weight excluding hydrogens is 396 g/mol. The monoisotopic (exact) mass is 414 g/mol. The normalized spacial score (nSPS) is 15.2. The number of hydrogen-bond donors (Lipinski definition) is 1. The van der Waals surface area contributed by atoms with Gasteiger partial charge in [0.15, 0.2) is 0 Å². The Morgan fingerprint density at radius 1 is 1.00 bits per heavy atom. The number of anilines is 1. The lowest BCUT2D eigenvalue weighted by atomic mass is 10.2. The first-order valence-electron chi connectivity index (χ1n) is 8.92. The summed E-state index contributed by atoms with van der Waals surface area (Å²) in [6, 6.07) is 14.9. The zero-order chi connectivity index (χ0) is 20.3. The summed E-state index contributed by atoms with van der Waals surface area (Å²) in [6.45, 7) is 1.26. The number of sulfonamides is 1. The van der Waals surface area contributed by atoms with Gasteiger partial charge in [-0.3, -0.25) is 10.1 Å². The molecule has 0 radical (unpaired) electrons. The van der Waals surface area contributed by atoms with Gasteiger partial charge in [-0.2, -0.15) is 4.31 Å². The molecule has 4 rings (SSSR count). The van der Waals surface area contributed by atoms with Gasteiger partial charge in [-0.15, -0.1) is 5.10 Å². The van der Waals surface area contributed by atoms with E-state index >= 15 is 0 Å². The van der Waals surface area contributed by atoms with Crippen LogP contribution in [0.3, 0.4) is 0 Å². The van der Waals surface area contributed by atoms with Crippen LogP contribution >= 0.6 is 0 Å². The van der Waals surface area contributed by atoms with Crippen molar-refractivity contribution in [1.82, 2.24) is 14.5 Å². The molecule has 1 aliphatic heterocycles. The molecule has 1 fully saturated rings. The molecule has 0 saturated carbocycles. The Morgan fingerprint density at radius 2 is 1.76 bits per heavy atom. The summed E-state index contributed by atoms with van der Waals surface area (Å²) in [5.41, 5.74) is 0.887. The van der Waals surface area contributed by atoms with Crippen LogP contribution in [0.25, 0.3) is 11.5 Å². The van der Waals surface area contributed by atoms with Gasteiger partial charge in [0, 0.05) is 24.2 Å². The van der Waals surface area contributed by atoms with Gasteiger partial charge < -0.3 is 9.15 Å². The van der Waals surface area contributed by atoms with Crippen molar-refractivity contribution in [1.29, 1.82) is 0 Å². The lowest BCUT2D eigenvalue weighted by Crippen LogP contribution is -2.40. The highest BCUT2D eigenvalue weighted by atomic mass is 32.2. The number of nitrogens with zero attached hydrogens (tertiary/aromatic N) is 3. The lowest BCUT2D eigenvalue weighted by molar-refractivity contribution is 0.0730. The van der Waals surface area contributed by atoms with E-state index in [1.807, 2.05) is 18.2 Å². The minimum absolute atomic E-state index is 0.0440. The van der Waals surface area contributed by atoms with Gasteiger partial charge in [-0.05, 0) is 30.3 Å². The topological polar surface area (TPSA) is 115 Å². The van der Waals surface area contributed by atoms with Crippen molar-refractivity contribution in [3.63, 3.8) is 0 Å². The molecule has 0 spiro atoms. The number of benzene rings is 2. The first kappa shape index (κ1) is 19.2. The third-order valence-electron chi connectivity index (χ3n) is 4.37. The number of carbonyl (C=O) groups excluding carboxylic acids is 1. The third-order valence-corrected chi connectivity index (χ3v) is 6.26. The summed E-state index contributed by atoms with van der Waals surface area (Å²) in [5.74, 6) is -0.281. The number of morpholine rings is 1. The van der Waals surface area contributed by atoms with E-state index in [9.17, 15) is 13.2 Å². The van der Waals surface area contributed by atoms with Gasteiger partial charge in [-0.1, -0.05) is 29.4 Å². The average molecular weight is 414 g/mol. The number of amides is 1. The van der Waals surface area contributed by atoms with Crippen molar-refractivity contribution in [2.75, 3.05) is 31.6 Å². The Morgan fingerprint density at radius 3 is 2.52 bits per heavy atom. The van der Waals surface area contributed by atoms with Gasteiger partial charge in [0.2, 0.25) is 15.9 Å². The number of nitrogens with one attached hydrogen (secondary N) is 1. The molecule has 3 aromatic rings. The summed E-state index contributed by atoms with van der Waals surface area (Å²) in [5, 5.41) is 10.2. The van der Waals surface area contributed by atoms with Crippen LogP contribution in [0.4, 0.5) is 6.01 Å². The van der Waals surface area contributed by atoms with E-state index in [-0.39, 0.29) is 35.5 Å². The van der Waals surface area contributed by atoms with Crippen LogP contribution in [0.5, 0.6) is 0 Å². The fourth-order valence-corrected chi connectivity index (χ4v) is 4.33. The summed E-state index contributed by atoms with van der Waals surface area (Å²) in [7, 11) is -3.70. The highest BCUT2D eigenvalue weighted by Gasteiger charge is 2.27. The fourth-order valence-electron chi connectivity index (χ4n) is 2.87. The van der Waals surface area contributed by atoms with E-state index in [0.29, 0.717) is 13.2 Å². The van der Waals surface area contributed by atoms with E-state index in [1.54, 1.807) is 12.1 Å². The molecule has 1 amide bonds. The van der Waals surface area contributed by atoms with E-state index in [4.69, 9.17) is 9.15 Å². The first-order valence-corrected chi connectivity index (χ1v) is 10.4. The predicted molar refractivity (Wildman–Crippen MR) is 104 cm³/mol. The molecule has 1 aromatic heterocycles.